The Morgan fingerprint density at radius 1 is 1.00 bits per heavy atom. The Balaban J connectivity index is 1.46. The number of halogens is 1. The van der Waals surface area contributed by atoms with Crippen molar-refractivity contribution in [2.45, 2.75) is 49.8 Å². The molecule has 2 fully saturated rings. The van der Waals surface area contributed by atoms with Gasteiger partial charge in [-0.25, -0.2) is 0 Å². The lowest BCUT2D eigenvalue weighted by molar-refractivity contribution is 0.0506. The lowest BCUT2D eigenvalue weighted by Gasteiger charge is -2.42. The van der Waals surface area contributed by atoms with Gasteiger partial charge in [-0.15, -0.1) is 0 Å². The molecule has 0 spiro atoms. The number of aliphatic hydroxyl groups excluding tert-OH is 1. The van der Waals surface area contributed by atoms with Crippen LogP contribution in [0.25, 0.3) is 0 Å². The summed E-state index contributed by atoms with van der Waals surface area (Å²) in [6.07, 6.45) is 4.24. The highest BCUT2D eigenvalue weighted by molar-refractivity contribution is 6.30. The lowest BCUT2D eigenvalue weighted by atomic mass is 9.74. The molecule has 0 atom stereocenters. The molecule has 17 heavy (non-hydrogen) atoms. The van der Waals surface area contributed by atoms with Crippen LogP contribution in [0.5, 0.6) is 0 Å². The van der Waals surface area contributed by atoms with E-state index in [9.17, 15) is 5.11 Å². The molecule has 0 heterocycles. The van der Waals surface area contributed by atoms with Crippen LogP contribution in [0.2, 0.25) is 5.02 Å². The second-order valence-corrected chi connectivity index (χ2v) is 5.84. The van der Waals surface area contributed by atoms with E-state index in [-0.39, 0.29) is 6.10 Å². The average molecular weight is 252 g/mol. The molecular weight excluding hydrogens is 234 g/mol. The SMILES string of the molecule is OC1CC(NC2CC(c3ccc(Cl)cc3)C2)C1. The van der Waals surface area contributed by atoms with Crippen molar-refractivity contribution in [3.8, 4) is 0 Å². The largest absolute Gasteiger partial charge is 0.393 e. The van der Waals surface area contributed by atoms with E-state index in [1.165, 1.54) is 18.4 Å². The number of nitrogens with one attached hydrogen (secondary N) is 1. The summed E-state index contributed by atoms with van der Waals surface area (Å²) >= 11 is 5.88. The quantitative estimate of drug-likeness (QED) is 0.866. The zero-order chi connectivity index (χ0) is 11.8. The number of hydrogen-bond acceptors (Lipinski definition) is 2. The second kappa shape index (κ2) is 4.60. The third-order valence-corrected chi connectivity index (χ3v) is 4.32. The van der Waals surface area contributed by atoms with E-state index in [2.05, 4.69) is 17.4 Å². The second-order valence-electron chi connectivity index (χ2n) is 5.41. The van der Waals surface area contributed by atoms with Gasteiger partial charge in [-0.05, 0) is 49.3 Å². The molecule has 0 bridgehead atoms. The minimum atomic E-state index is -0.0559. The summed E-state index contributed by atoms with van der Waals surface area (Å²) in [4.78, 5) is 0. The minimum absolute atomic E-state index is 0.0559. The fourth-order valence-electron chi connectivity index (χ4n) is 2.82. The van der Waals surface area contributed by atoms with Gasteiger partial charge in [0.2, 0.25) is 0 Å². The molecule has 3 rings (SSSR count). The van der Waals surface area contributed by atoms with Crippen LogP contribution < -0.4 is 5.32 Å². The fraction of sp³-hybridized carbons (Fsp3) is 0.571. The van der Waals surface area contributed by atoms with Gasteiger partial charge in [-0.1, -0.05) is 23.7 Å². The molecule has 0 unspecified atom stereocenters. The molecule has 1 aromatic rings. The van der Waals surface area contributed by atoms with Crippen molar-refractivity contribution in [3.63, 3.8) is 0 Å². The normalized spacial score (nSPS) is 36.1. The smallest absolute Gasteiger partial charge is 0.0570 e. The van der Waals surface area contributed by atoms with Crippen LogP contribution in [-0.4, -0.2) is 23.3 Å². The van der Waals surface area contributed by atoms with Crippen molar-refractivity contribution >= 4 is 11.6 Å². The minimum Gasteiger partial charge on any atom is -0.393 e. The van der Waals surface area contributed by atoms with Crippen LogP contribution in [0.4, 0.5) is 0 Å². The van der Waals surface area contributed by atoms with Crippen molar-refractivity contribution in [2.75, 3.05) is 0 Å². The van der Waals surface area contributed by atoms with Crippen molar-refractivity contribution < 1.29 is 5.11 Å². The van der Waals surface area contributed by atoms with Crippen LogP contribution in [0, 0.1) is 0 Å². The molecular formula is C14H18ClNO. The number of aliphatic hydroxyl groups is 1. The van der Waals surface area contributed by atoms with E-state index in [0.717, 1.165) is 17.9 Å². The van der Waals surface area contributed by atoms with Crippen molar-refractivity contribution in [3.05, 3.63) is 34.9 Å². The molecule has 2 N–H and O–H groups in total. The summed E-state index contributed by atoms with van der Waals surface area (Å²) < 4.78 is 0. The monoisotopic (exact) mass is 251 g/mol. The average Bonchev–Trinajstić information content (AvgIpc) is 2.21. The zero-order valence-electron chi connectivity index (χ0n) is 9.77. The van der Waals surface area contributed by atoms with Gasteiger partial charge < -0.3 is 10.4 Å². The van der Waals surface area contributed by atoms with Crippen LogP contribution in [0.15, 0.2) is 24.3 Å². The van der Waals surface area contributed by atoms with Crippen molar-refractivity contribution in [2.24, 2.45) is 0 Å². The van der Waals surface area contributed by atoms with Gasteiger partial charge in [0.05, 0.1) is 6.10 Å². The summed E-state index contributed by atoms with van der Waals surface area (Å²) in [7, 11) is 0. The molecule has 0 aliphatic heterocycles. The first-order valence-corrected chi connectivity index (χ1v) is 6.78. The van der Waals surface area contributed by atoms with Gasteiger partial charge >= 0.3 is 0 Å². The molecule has 92 valence electrons. The number of rotatable bonds is 3. The Labute approximate surface area is 107 Å². The molecule has 3 heteroatoms. The van der Waals surface area contributed by atoms with Gasteiger partial charge in [0, 0.05) is 17.1 Å². The maximum Gasteiger partial charge on any atom is 0.0570 e. The number of hydrogen-bond donors (Lipinski definition) is 2. The maximum absolute atomic E-state index is 9.23. The molecule has 0 amide bonds. The molecule has 1 aromatic carbocycles. The Bertz CT molecular complexity index is 380. The fourth-order valence-corrected chi connectivity index (χ4v) is 2.94. The van der Waals surface area contributed by atoms with E-state index in [1.807, 2.05) is 12.1 Å². The van der Waals surface area contributed by atoms with Gasteiger partial charge in [0.15, 0.2) is 0 Å². The summed E-state index contributed by atoms with van der Waals surface area (Å²) in [6.45, 7) is 0. The number of benzene rings is 1. The standard InChI is InChI=1S/C14H18ClNO/c15-11-3-1-9(2-4-11)10-5-12(6-10)16-13-7-14(17)8-13/h1-4,10,12-14,16-17H,5-8H2. The first-order valence-electron chi connectivity index (χ1n) is 6.40. The molecule has 0 saturated heterocycles. The summed E-state index contributed by atoms with van der Waals surface area (Å²) in [5.41, 5.74) is 1.40. The first kappa shape index (κ1) is 11.5. The Kier molecular flexibility index (Phi) is 3.12. The topological polar surface area (TPSA) is 32.3 Å². The van der Waals surface area contributed by atoms with Gasteiger partial charge in [0.1, 0.15) is 0 Å². The molecule has 0 aromatic heterocycles. The molecule has 2 saturated carbocycles. The highest BCUT2D eigenvalue weighted by Gasteiger charge is 2.35. The van der Waals surface area contributed by atoms with Crippen LogP contribution in [0.1, 0.15) is 37.2 Å². The Hall–Kier alpha value is -0.570. The predicted molar refractivity (Wildman–Crippen MR) is 69.4 cm³/mol. The molecule has 2 aliphatic rings. The maximum atomic E-state index is 9.23. The predicted octanol–water partition coefficient (Wildman–Crippen LogP) is 2.70. The summed E-state index contributed by atoms with van der Waals surface area (Å²) in [5.74, 6) is 0.690. The third-order valence-electron chi connectivity index (χ3n) is 4.06. The highest BCUT2D eigenvalue weighted by Crippen LogP contribution is 2.38. The third kappa shape index (κ3) is 2.49. The summed E-state index contributed by atoms with van der Waals surface area (Å²) in [6, 6.07) is 9.42. The van der Waals surface area contributed by atoms with Crippen LogP contribution in [0.3, 0.4) is 0 Å². The van der Waals surface area contributed by atoms with Gasteiger partial charge in [-0.2, -0.15) is 0 Å². The van der Waals surface area contributed by atoms with Gasteiger partial charge in [-0.3, -0.25) is 0 Å². The molecule has 2 aliphatic carbocycles. The Morgan fingerprint density at radius 3 is 2.18 bits per heavy atom. The van der Waals surface area contributed by atoms with E-state index in [1.54, 1.807) is 0 Å². The Morgan fingerprint density at radius 2 is 1.59 bits per heavy atom. The lowest BCUT2D eigenvalue weighted by Crippen LogP contribution is -2.52. The van der Waals surface area contributed by atoms with E-state index in [0.29, 0.717) is 18.0 Å². The zero-order valence-corrected chi connectivity index (χ0v) is 10.5. The van der Waals surface area contributed by atoms with Crippen molar-refractivity contribution in [1.29, 1.82) is 0 Å². The van der Waals surface area contributed by atoms with E-state index in [4.69, 9.17) is 11.6 Å². The van der Waals surface area contributed by atoms with E-state index >= 15 is 0 Å². The van der Waals surface area contributed by atoms with E-state index < -0.39 is 0 Å². The van der Waals surface area contributed by atoms with Crippen LogP contribution in [-0.2, 0) is 0 Å². The highest BCUT2D eigenvalue weighted by atomic mass is 35.5. The first-order chi connectivity index (χ1) is 8.20. The van der Waals surface area contributed by atoms with Crippen molar-refractivity contribution in [1.82, 2.24) is 5.32 Å². The molecule has 2 nitrogen and oxygen atoms in total. The van der Waals surface area contributed by atoms with Crippen LogP contribution >= 0.6 is 11.6 Å². The van der Waals surface area contributed by atoms with Gasteiger partial charge in [0.25, 0.3) is 0 Å². The molecule has 0 radical (unpaired) electrons. The summed E-state index contributed by atoms with van der Waals surface area (Å²) in [5, 5.41) is 13.6.